The topological polar surface area (TPSA) is 90.0 Å². The molecule has 204 valence electrons. The molecule has 10 heteroatoms. The van der Waals surface area contributed by atoms with Gasteiger partial charge in [-0.05, 0) is 45.4 Å². The highest BCUT2D eigenvalue weighted by molar-refractivity contribution is 7.13. The summed E-state index contributed by atoms with van der Waals surface area (Å²) in [6.07, 6.45) is 0.658. The number of nitrogens with zero attached hydrogens (tertiary/aromatic N) is 2. The van der Waals surface area contributed by atoms with Crippen LogP contribution in [0.25, 0.3) is 10.4 Å². The van der Waals surface area contributed by atoms with E-state index in [0.29, 0.717) is 39.1 Å². The molecule has 0 bridgehead atoms. The van der Waals surface area contributed by atoms with Gasteiger partial charge in [0.05, 0.1) is 22.7 Å². The van der Waals surface area contributed by atoms with E-state index in [1.807, 2.05) is 51.4 Å². The number of hydrogen-bond acceptors (Lipinski definition) is 7. The van der Waals surface area contributed by atoms with Crippen LogP contribution in [0.1, 0.15) is 44.9 Å². The van der Waals surface area contributed by atoms with E-state index in [4.69, 9.17) is 14.2 Å². The van der Waals surface area contributed by atoms with Crippen LogP contribution in [0.15, 0.2) is 23.7 Å². The van der Waals surface area contributed by atoms with Crippen molar-refractivity contribution in [2.45, 2.75) is 84.5 Å². The second-order valence-corrected chi connectivity index (χ2v) is 18.2. The Kier molecular flexibility index (Phi) is 9.63. The van der Waals surface area contributed by atoms with Crippen molar-refractivity contribution in [2.75, 3.05) is 19.7 Å². The second-order valence-electron chi connectivity index (χ2n) is 11.7. The first kappa shape index (κ1) is 29.0. The van der Waals surface area contributed by atoms with Crippen LogP contribution in [0.5, 0.6) is 5.75 Å². The smallest absolute Gasteiger partial charge is 0.410 e. The zero-order chi connectivity index (χ0) is 27.2. The first-order valence-electron chi connectivity index (χ1n) is 12.9. The lowest BCUT2D eigenvalue weighted by Crippen LogP contribution is -2.44. The summed E-state index contributed by atoms with van der Waals surface area (Å²) in [5.41, 5.74) is 4.20. The number of carbonyl (C=O) groups is 2. The third-order valence-electron chi connectivity index (χ3n) is 5.97. The van der Waals surface area contributed by atoms with Crippen LogP contribution in [0.3, 0.4) is 0 Å². The molecule has 1 aliphatic rings. The average Bonchev–Trinajstić information content (AvgIpc) is 3.22. The molecule has 1 fully saturated rings. The maximum Gasteiger partial charge on any atom is 0.410 e. The van der Waals surface area contributed by atoms with Gasteiger partial charge in [-0.3, -0.25) is 0 Å². The minimum atomic E-state index is -1.27. The highest BCUT2D eigenvalue weighted by Gasteiger charge is 2.28. The number of likely N-dealkylation sites (tertiary alicyclic amines) is 1. The molecule has 0 saturated carbocycles. The number of benzene rings is 1. The molecule has 1 saturated heterocycles. The van der Waals surface area contributed by atoms with Crippen molar-refractivity contribution in [1.29, 1.82) is 0 Å². The summed E-state index contributed by atoms with van der Waals surface area (Å²) in [6, 6.07) is 6.97. The Balaban J connectivity index is 1.66. The number of nitrogens with one attached hydrogen (secondary N) is 1. The number of rotatable bonds is 8. The van der Waals surface area contributed by atoms with Crippen LogP contribution in [0.4, 0.5) is 9.59 Å². The van der Waals surface area contributed by atoms with Gasteiger partial charge in [0, 0.05) is 46.1 Å². The number of hydrogen-bond donors (Lipinski definition) is 1. The number of alkyl carbamates (subject to hydrolysis) is 1. The van der Waals surface area contributed by atoms with Gasteiger partial charge in [-0.15, -0.1) is 11.3 Å². The van der Waals surface area contributed by atoms with Crippen molar-refractivity contribution in [3.05, 3.63) is 35.0 Å². The van der Waals surface area contributed by atoms with Crippen molar-refractivity contribution in [2.24, 2.45) is 0 Å². The molecule has 1 aromatic heterocycles. The second kappa shape index (κ2) is 12.3. The zero-order valence-corrected chi connectivity index (χ0v) is 25.0. The molecule has 2 heterocycles. The van der Waals surface area contributed by atoms with Crippen molar-refractivity contribution >= 4 is 31.6 Å². The standard InChI is InChI=1S/C27H41N3O5SSi/c1-19-24(36-18-29-19)20-8-9-21(17-28-25(31)33-14-15-37(5,6)7)23(16-20)34-22-10-12-30(13-11-22)26(32)35-27(2,3)4/h8-9,16,18,22H,10-15,17H2,1-7H3,(H,28,31). The summed E-state index contributed by atoms with van der Waals surface area (Å²) >= 11 is 1.59. The predicted octanol–water partition coefficient (Wildman–Crippen LogP) is 6.46. The molecule has 1 aromatic carbocycles. The Morgan fingerprint density at radius 1 is 1.19 bits per heavy atom. The Morgan fingerprint density at radius 2 is 1.89 bits per heavy atom. The van der Waals surface area contributed by atoms with Gasteiger partial charge in [-0.1, -0.05) is 31.8 Å². The molecule has 8 nitrogen and oxygen atoms in total. The van der Waals surface area contributed by atoms with Gasteiger partial charge < -0.3 is 24.4 Å². The molecule has 37 heavy (non-hydrogen) atoms. The molecule has 0 spiro atoms. The SMILES string of the molecule is Cc1ncsc1-c1ccc(CNC(=O)OCC[Si](C)(C)C)c(OC2CCN(C(=O)OC(C)(C)C)CC2)c1. The molecule has 1 N–H and O–H groups in total. The van der Waals surface area contributed by atoms with Crippen LogP contribution in [0.2, 0.25) is 25.7 Å². The fourth-order valence-electron chi connectivity index (χ4n) is 3.86. The van der Waals surface area contributed by atoms with E-state index < -0.39 is 19.8 Å². The zero-order valence-electron chi connectivity index (χ0n) is 23.2. The molecular weight excluding hydrogens is 506 g/mol. The van der Waals surface area contributed by atoms with Gasteiger partial charge in [0.15, 0.2) is 0 Å². The molecule has 1 aliphatic heterocycles. The Morgan fingerprint density at radius 3 is 2.49 bits per heavy atom. The molecule has 0 radical (unpaired) electrons. The van der Waals surface area contributed by atoms with Crippen LogP contribution in [-0.4, -0.2) is 61.5 Å². The minimum absolute atomic E-state index is 0.0426. The summed E-state index contributed by atoms with van der Waals surface area (Å²) in [7, 11) is -1.27. The van der Waals surface area contributed by atoms with E-state index >= 15 is 0 Å². The number of amides is 2. The third kappa shape index (κ3) is 9.34. The Bertz CT molecular complexity index is 1070. The van der Waals surface area contributed by atoms with Crippen LogP contribution >= 0.6 is 11.3 Å². The lowest BCUT2D eigenvalue weighted by atomic mass is 10.1. The van der Waals surface area contributed by atoms with E-state index in [1.54, 1.807) is 16.2 Å². The molecule has 2 amide bonds. The van der Waals surface area contributed by atoms with Crippen molar-refractivity contribution < 1.29 is 23.8 Å². The first-order valence-corrected chi connectivity index (χ1v) is 17.5. The number of aryl methyl sites for hydroxylation is 1. The maximum absolute atomic E-state index is 12.4. The molecule has 0 unspecified atom stereocenters. The lowest BCUT2D eigenvalue weighted by Gasteiger charge is -2.33. The van der Waals surface area contributed by atoms with Crippen molar-refractivity contribution in [1.82, 2.24) is 15.2 Å². The largest absolute Gasteiger partial charge is 0.490 e. The van der Waals surface area contributed by atoms with Crippen LogP contribution in [0, 0.1) is 6.92 Å². The first-order chi connectivity index (χ1) is 17.3. The van der Waals surface area contributed by atoms with E-state index in [2.05, 4.69) is 29.9 Å². The van der Waals surface area contributed by atoms with E-state index in [-0.39, 0.29) is 12.2 Å². The molecule has 0 aliphatic carbocycles. The quantitative estimate of drug-likeness (QED) is 0.382. The van der Waals surface area contributed by atoms with E-state index in [0.717, 1.165) is 33.5 Å². The summed E-state index contributed by atoms with van der Waals surface area (Å²) < 4.78 is 17.4. The van der Waals surface area contributed by atoms with Gasteiger partial charge in [0.1, 0.15) is 17.5 Å². The molecular formula is C27H41N3O5SSi. The number of piperidine rings is 1. The van der Waals surface area contributed by atoms with E-state index in [9.17, 15) is 9.59 Å². The number of carbonyl (C=O) groups excluding carboxylic acids is 2. The fourth-order valence-corrected chi connectivity index (χ4v) is 5.38. The number of aromatic nitrogens is 1. The number of thiazole rings is 1. The van der Waals surface area contributed by atoms with Crippen molar-refractivity contribution in [3.63, 3.8) is 0 Å². The summed E-state index contributed by atoms with van der Waals surface area (Å²) in [5, 5.41) is 2.87. The third-order valence-corrected chi connectivity index (χ3v) is 8.65. The monoisotopic (exact) mass is 547 g/mol. The van der Waals surface area contributed by atoms with Gasteiger partial charge in [0.25, 0.3) is 0 Å². The van der Waals surface area contributed by atoms with Crippen molar-refractivity contribution in [3.8, 4) is 16.2 Å². The summed E-state index contributed by atoms with van der Waals surface area (Å²) in [6.45, 7) is 16.2. The van der Waals surface area contributed by atoms with Crippen LogP contribution < -0.4 is 10.1 Å². The average molecular weight is 548 g/mol. The summed E-state index contributed by atoms with van der Waals surface area (Å²) in [5.74, 6) is 0.725. The maximum atomic E-state index is 12.4. The Hall–Kier alpha value is -2.59. The van der Waals surface area contributed by atoms with Gasteiger partial charge in [-0.25, -0.2) is 14.6 Å². The fraction of sp³-hybridized carbons (Fsp3) is 0.593. The Labute approximate surface area is 225 Å². The minimum Gasteiger partial charge on any atom is -0.490 e. The number of ether oxygens (including phenoxy) is 3. The highest BCUT2D eigenvalue weighted by atomic mass is 32.1. The molecule has 0 atom stereocenters. The normalized spacial score (nSPS) is 14.8. The van der Waals surface area contributed by atoms with E-state index in [1.165, 1.54) is 0 Å². The van der Waals surface area contributed by atoms with Crippen LogP contribution in [-0.2, 0) is 16.0 Å². The van der Waals surface area contributed by atoms with Gasteiger partial charge in [-0.2, -0.15) is 0 Å². The lowest BCUT2D eigenvalue weighted by molar-refractivity contribution is 0.0126. The predicted molar refractivity (Wildman–Crippen MR) is 150 cm³/mol. The molecule has 2 aromatic rings. The molecule has 3 rings (SSSR count). The highest BCUT2D eigenvalue weighted by Crippen LogP contribution is 2.33. The van der Waals surface area contributed by atoms with Gasteiger partial charge >= 0.3 is 12.2 Å². The summed E-state index contributed by atoms with van der Waals surface area (Å²) in [4.78, 5) is 31.9. The van der Waals surface area contributed by atoms with Gasteiger partial charge in [0.2, 0.25) is 0 Å².